The van der Waals surface area contributed by atoms with Gasteiger partial charge in [-0.3, -0.25) is 9.69 Å². The van der Waals surface area contributed by atoms with Gasteiger partial charge in [0, 0.05) is 51.0 Å². The maximum atomic E-state index is 13.9. The van der Waals surface area contributed by atoms with E-state index >= 15 is 0 Å². The Hall–Kier alpha value is -2.80. The van der Waals surface area contributed by atoms with Crippen molar-refractivity contribution in [3.05, 3.63) is 36.0 Å². The van der Waals surface area contributed by atoms with Gasteiger partial charge in [-0.2, -0.15) is 0 Å². The molecule has 1 unspecified atom stereocenters. The first-order valence-corrected chi connectivity index (χ1v) is 14.5. The molecule has 38 heavy (non-hydrogen) atoms. The summed E-state index contributed by atoms with van der Waals surface area (Å²) >= 11 is 0. The van der Waals surface area contributed by atoms with Gasteiger partial charge in [0.1, 0.15) is 17.2 Å². The summed E-state index contributed by atoms with van der Waals surface area (Å²) in [6, 6.07) is 6.28. The Kier molecular flexibility index (Phi) is 7.33. The van der Waals surface area contributed by atoms with E-state index in [1.165, 1.54) is 18.3 Å². The van der Waals surface area contributed by atoms with Crippen molar-refractivity contribution in [3.63, 3.8) is 0 Å². The molecule has 5 heterocycles. The second kappa shape index (κ2) is 10.4. The van der Waals surface area contributed by atoms with Gasteiger partial charge in [0.25, 0.3) is 5.91 Å². The van der Waals surface area contributed by atoms with Crippen LogP contribution in [0.15, 0.2) is 40.4 Å². The van der Waals surface area contributed by atoms with Gasteiger partial charge in [-0.05, 0) is 44.4 Å². The average Bonchev–Trinajstić information content (AvgIpc) is 3.49. The number of piperazine rings is 1. The van der Waals surface area contributed by atoms with E-state index in [1.54, 1.807) is 12.1 Å². The Morgan fingerprint density at radius 3 is 2.47 bits per heavy atom. The molecule has 0 spiro atoms. The standard InChI is InChI=1S/C26H36N6O5S/c1-18-15-26(2,3)32(16-18)25-23(24(27)33)19(7-8-28-25)38(34,35)21-6-4-5-20(29-21)31-11-9-30(10-12-31)17-22-36-13-14-37-22/h4-8,18,22H,9-17H2,1-3H3,(H2,27,33). The normalized spacial score (nSPS) is 22.8. The second-order valence-electron chi connectivity index (χ2n) is 10.9. The number of primary amides is 1. The lowest BCUT2D eigenvalue weighted by molar-refractivity contribution is -0.0624. The van der Waals surface area contributed by atoms with E-state index < -0.39 is 15.7 Å². The molecule has 1 atom stereocenters. The van der Waals surface area contributed by atoms with Crippen LogP contribution < -0.4 is 15.5 Å². The summed E-state index contributed by atoms with van der Waals surface area (Å²) in [6.45, 7) is 11.8. The third-order valence-corrected chi connectivity index (χ3v) is 9.23. The molecule has 1 amide bonds. The van der Waals surface area contributed by atoms with Crippen molar-refractivity contribution in [2.75, 3.05) is 62.3 Å². The van der Waals surface area contributed by atoms with E-state index in [0.29, 0.717) is 56.9 Å². The lowest BCUT2D eigenvalue weighted by Gasteiger charge is -2.36. The molecule has 0 bridgehead atoms. The molecule has 5 rings (SSSR count). The van der Waals surface area contributed by atoms with Gasteiger partial charge in [0.2, 0.25) is 9.84 Å². The molecule has 2 aromatic heterocycles. The summed E-state index contributed by atoms with van der Waals surface area (Å²) in [5.74, 6) is 0.410. The molecule has 2 aromatic rings. The number of sulfone groups is 1. The Morgan fingerprint density at radius 2 is 1.84 bits per heavy atom. The minimum Gasteiger partial charge on any atom is -0.365 e. The molecule has 2 N–H and O–H groups in total. The molecule has 11 nitrogen and oxygen atoms in total. The highest BCUT2D eigenvalue weighted by Gasteiger charge is 2.40. The van der Waals surface area contributed by atoms with Crippen molar-refractivity contribution >= 4 is 27.4 Å². The third kappa shape index (κ3) is 5.22. The molecule has 0 aliphatic carbocycles. The van der Waals surface area contributed by atoms with E-state index in [2.05, 4.69) is 40.5 Å². The van der Waals surface area contributed by atoms with Crippen LogP contribution >= 0.6 is 0 Å². The number of carbonyl (C=O) groups is 1. The molecular weight excluding hydrogens is 508 g/mol. The summed E-state index contributed by atoms with van der Waals surface area (Å²) in [6.07, 6.45) is 2.13. The Morgan fingerprint density at radius 1 is 1.13 bits per heavy atom. The topological polar surface area (TPSA) is 131 Å². The average molecular weight is 545 g/mol. The molecular formula is C26H36N6O5S. The second-order valence-corrected chi connectivity index (χ2v) is 12.8. The van der Waals surface area contributed by atoms with Gasteiger partial charge < -0.3 is 25.0 Å². The van der Waals surface area contributed by atoms with Gasteiger partial charge in [0.15, 0.2) is 11.3 Å². The number of nitrogens with two attached hydrogens (primary N) is 1. The molecule has 3 saturated heterocycles. The fourth-order valence-corrected chi connectivity index (χ4v) is 7.18. The molecule has 12 heteroatoms. The summed E-state index contributed by atoms with van der Waals surface area (Å²) in [5.41, 5.74) is 5.39. The summed E-state index contributed by atoms with van der Waals surface area (Å²) in [5, 5.41) is -0.126. The Balaban J connectivity index is 1.41. The minimum absolute atomic E-state index is 0.0909. The van der Waals surface area contributed by atoms with Gasteiger partial charge in [0.05, 0.1) is 18.1 Å². The van der Waals surface area contributed by atoms with Crippen LogP contribution in [0.4, 0.5) is 11.6 Å². The molecule has 206 valence electrons. The number of nitrogens with zero attached hydrogens (tertiary/aromatic N) is 5. The lowest BCUT2D eigenvalue weighted by Crippen LogP contribution is -2.49. The quantitative estimate of drug-likeness (QED) is 0.547. The van der Waals surface area contributed by atoms with Gasteiger partial charge >= 0.3 is 0 Å². The Labute approximate surface area is 223 Å². The predicted molar refractivity (Wildman–Crippen MR) is 142 cm³/mol. The van der Waals surface area contributed by atoms with Gasteiger partial charge in [-0.15, -0.1) is 0 Å². The number of hydrogen-bond acceptors (Lipinski definition) is 10. The van der Waals surface area contributed by atoms with E-state index in [9.17, 15) is 13.2 Å². The van der Waals surface area contributed by atoms with Crippen LogP contribution in [0.5, 0.6) is 0 Å². The molecule has 3 fully saturated rings. The van der Waals surface area contributed by atoms with Crippen molar-refractivity contribution in [2.24, 2.45) is 11.7 Å². The monoisotopic (exact) mass is 544 g/mol. The molecule has 0 saturated carbocycles. The fraction of sp³-hybridized carbons (Fsp3) is 0.577. The number of amides is 1. The summed E-state index contributed by atoms with van der Waals surface area (Å²) in [4.78, 5) is 27.8. The smallest absolute Gasteiger partial charge is 0.253 e. The van der Waals surface area contributed by atoms with Crippen LogP contribution in [0, 0.1) is 5.92 Å². The highest BCUT2D eigenvalue weighted by atomic mass is 32.2. The first-order valence-electron chi connectivity index (χ1n) is 13.1. The summed E-state index contributed by atoms with van der Waals surface area (Å²) in [7, 11) is -4.15. The van der Waals surface area contributed by atoms with Crippen molar-refractivity contribution in [2.45, 2.75) is 48.9 Å². The number of pyridine rings is 2. The van der Waals surface area contributed by atoms with E-state index in [-0.39, 0.29) is 27.3 Å². The zero-order chi connectivity index (χ0) is 27.1. The lowest BCUT2D eigenvalue weighted by atomic mass is 9.97. The van der Waals surface area contributed by atoms with E-state index in [0.717, 1.165) is 19.5 Å². The van der Waals surface area contributed by atoms with E-state index in [1.807, 2.05) is 4.90 Å². The largest absolute Gasteiger partial charge is 0.365 e. The number of carbonyl (C=O) groups excluding carboxylic acids is 1. The number of aromatic nitrogens is 2. The first kappa shape index (κ1) is 26.8. The molecule has 0 radical (unpaired) electrons. The van der Waals surface area contributed by atoms with Crippen LogP contribution in [0.2, 0.25) is 0 Å². The van der Waals surface area contributed by atoms with Crippen LogP contribution in [0.1, 0.15) is 37.6 Å². The fourth-order valence-electron chi connectivity index (χ4n) is 5.78. The minimum atomic E-state index is -4.15. The number of anilines is 2. The first-order chi connectivity index (χ1) is 18.1. The van der Waals surface area contributed by atoms with Crippen LogP contribution in [-0.2, 0) is 19.3 Å². The number of hydrogen-bond donors (Lipinski definition) is 1. The van der Waals surface area contributed by atoms with Crippen LogP contribution in [0.3, 0.4) is 0 Å². The van der Waals surface area contributed by atoms with Gasteiger partial charge in [-0.1, -0.05) is 13.0 Å². The molecule has 3 aliphatic heterocycles. The zero-order valence-electron chi connectivity index (χ0n) is 22.2. The van der Waals surface area contributed by atoms with Gasteiger partial charge in [-0.25, -0.2) is 18.4 Å². The molecule has 0 aromatic carbocycles. The van der Waals surface area contributed by atoms with Crippen LogP contribution in [0.25, 0.3) is 0 Å². The molecule has 3 aliphatic rings. The Bertz CT molecular complexity index is 1290. The highest BCUT2D eigenvalue weighted by molar-refractivity contribution is 7.91. The SMILES string of the molecule is CC1CN(c2nccc(S(=O)(=O)c3cccc(N4CCN(CC5OCCO5)CC4)n3)c2C(N)=O)C(C)(C)C1. The maximum Gasteiger partial charge on any atom is 0.253 e. The highest BCUT2D eigenvalue weighted by Crippen LogP contribution is 2.39. The van der Waals surface area contributed by atoms with Crippen molar-refractivity contribution in [1.29, 1.82) is 0 Å². The number of rotatable bonds is 7. The van der Waals surface area contributed by atoms with Crippen molar-refractivity contribution in [1.82, 2.24) is 14.9 Å². The number of ether oxygens (including phenoxy) is 2. The third-order valence-electron chi connectivity index (χ3n) is 7.54. The van der Waals surface area contributed by atoms with Crippen molar-refractivity contribution in [3.8, 4) is 0 Å². The van der Waals surface area contributed by atoms with E-state index in [4.69, 9.17) is 15.2 Å². The maximum absolute atomic E-state index is 13.9. The summed E-state index contributed by atoms with van der Waals surface area (Å²) < 4.78 is 38.8. The zero-order valence-corrected chi connectivity index (χ0v) is 23.0. The van der Waals surface area contributed by atoms with Crippen molar-refractivity contribution < 1.29 is 22.7 Å². The predicted octanol–water partition coefficient (Wildman–Crippen LogP) is 1.53. The van der Waals surface area contributed by atoms with Crippen LogP contribution in [-0.4, -0.2) is 93.5 Å².